The van der Waals surface area contributed by atoms with Crippen molar-refractivity contribution in [3.63, 3.8) is 0 Å². The standard InChI is InChI=1S/C10H17F3O5/c1-4-16-6(2)17-7(3)18-9(15)5-8(14)10(11,12)13/h6-8,14H,4-5H2,1-3H3. The van der Waals surface area contributed by atoms with Crippen molar-refractivity contribution in [1.29, 1.82) is 0 Å². The van der Waals surface area contributed by atoms with E-state index < -0.39 is 37.3 Å². The molecule has 0 aliphatic carbocycles. The molecule has 0 aromatic rings. The molecule has 0 saturated carbocycles. The van der Waals surface area contributed by atoms with Crippen LogP contribution in [0.1, 0.15) is 27.2 Å². The number of esters is 1. The second-order valence-electron chi connectivity index (χ2n) is 3.48. The summed E-state index contributed by atoms with van der Waals surface area (Å²) in [7, 11) is 0. The number of rotatable bonds is 7. The number of ether oxygens (including phenoxy) is 3. The molecule has 0 aromatic heterocycles. The van der Waals surface area contributed by atoms with E-state index in [-0.39, 0.29) is 0 Å². The molecule has 5 nitrogen and oxygen atoms in total. The lowest BCUT2D eigenvalue weighted by Crippen LogP contribution is -2.33. The molecule has 0 fully saturated rings. The first-order chi connectivity index (χ1) is 8.16. The molecule has 18 heavy (non-hydrogen) atoms. The van der Waals surface area contributed by atoms with Gasteiger partial charge >= 0.3 is 12.1 Å². The van der Waals surface area contributed by atoms with Gasteiger partial charge in [-0.3, -0.25) is 4.79 Å². The maximum atomic E-state index is 11.9. The lowest BCUT2D eigenvalue weighted by atomic mass is 10.2. The molecule has 3 atom stereocenters. The number of aliphatic hydroxyl groups excluding tert-OH is 1. The lowest BCUT2D eigenvalue weighted by molar-refractivity contribution is -0.236. The van der Waals surface area contributed by atoms with Crippen molar-refractivity contribution in [1.82, 2.24) is 0 Å². The number of carbonyl (C=O) groups excluding carboxylic acids is 1. The zero-order chi connectivity index (χ0) is 14.3. The quantitative estimate of drug-likeness (QED) is 0.564. The normalized spacial score (nSPS) is 17.1. The Kier molecular flexibility index (Phi) is 7.19. The molecule has 0 rings (SSSR count). The summed E-state index contributed by atoms with van der Waals surface area (Å²) in [6.45, 7) is 5.01. The number of carbonyl (C=O) groups is 1. The van der Waals surface area contributed by atoms with E-state index >= 15 is 0 Å². The highest BCUT2D eigenvalue weighted by molar-refractivity contribution is 5.70. The summed E-state index contributed by atoms with van der Waals surface area (Å²) in [6, 6.07) is 0. The SMILES string of the molecule is CCOC(C)OC(C)OC(=O)CC(O)C(F)(F)F. The first-order valence-corrected chi connectivity index (χ1v) is 5.38. The summed E-state index contributed by atoms with van der Waals surface area (Å²) in [5.41, 5.74) is 0. The van der Waals surface area contributed by atoms with E-state index in [9.17, 15) is 18.0 Å². The van der Waals surface area contributed by atoms with E-state index in [4.69, 9.17) is 14.6 Å². The van der Waals surface area contributed by atoms with Gasteiger partial charge < -0.3 is 19.3 Å². The molecule has 0 aliphatic rings. The van der Waals surface area contributed by atoms with Gasteiger partial charge in [-0.1, -0.05) is 0 Å². The summed E-state index contributed by atoms with van der Waals surface area (Å²) in [6.07, 6.45) is -10.5. The average molecular weight is 274 g/mol. The topological polar surface area (TPSA) is 65.0 Å². The summed E-state index contributed by atoms with van der Waals surface area (Å²) >= 11 is 0. The molecular weight excluding hydrogens is 257 g/mol. The van der Waals surface area contributed by atoms with Gasteiger partial charge in [0.15, 0.2) is 12.4 Å². The van der Waals surface area contributed by atoms with Crippen molar-refractivity contribution in [3.05, 3.63) is 0 Å². The summed E-state index contributed by atoms with van der Waals surface area (Å²) in [5.74, 6) is -1.20. The van der Waals surface area contributed by atoms with Crippen LogP contribution in [0.2, 0.25) is 0 Å². The van der Waals surface area contributed by atoms with Crippen molar-refractivity contribution >= 4 is 5.97 Å². The van der Waals surface area contributed by atoms with Crippen LogP contribution in [0.5, 0.6) is 0 Å². The maximum absolute atomic E-state index is 11.9. The molecule has 0 heterocycles. The van der Waals surface area contributed by atoms with E-state index in [0.29, 0.717) is 6.61 Å². The van der Waals surface area contributed by atoms with E-state index in [1.807, 2.05) is 0 Å². The number of hydrogen-bond acceptors (Lipinski definition) is 5. The Labute approximate surface area is 103 Å². The predicted octanol–water partition coefficient (Wildman–Crippen LogP) is 1.59. The molecule has 0 aromatic carbocycles. The Bertz CT molecular complexity index is 256. The second kappa shape index (κ2) is 7.55. The average Bonchev–Trinajstić information content (AvgIpc) is 2.15. The highest BCUT2D eigenvalue weighted by atomic mass is 19.4. The van der Waals surface area contributed by atoms with Crippen LogP contribution < -0.4 is 0 Å². The third-order valence-electron chi connectivity index (χ3n) is 1.82. The Morgan fingerprint density at radius 3 is 2.28 bits per heavy atom. The highest BCUT2D eigenvalue weighted by Crippen LogP contribution is 2.22. The van der Waals surface area contributed by atoms with Gasteiger partial charge in [-0.15, -0.1) is 0 Å². The van der Waals surface area contributed by atoms with E-state index in [1.165, 1.54) is 6.92 Å². The third-order valence-corrected chi connectivity index (χ3v) is 1.82. The molecule has 0 amide bonds. The minimum absolute atomic E-state index is 0.384. The van der Waals surface area contributed by atoms with Crippen molar-refractivity contribution in [2.45, 2.75) is 52.1 Å². The van der Waals surface area contributed by atoms with Crippen LogP contribution in [-0.4, -0.2) is 42.5 Å². The maximum Gasteiger partial charge on any atom is 0.414 e. The zero-order valence-electron chi connectivity index (χ0n) is 10.4. The van der Waals surface area contributed by atoms with Crippen LogP contribution in [0, 0.1) is 0 Å². The first kappa shape index (κ1) is 17.1. The molecule has 0 radical (unpaired) electrons. The van der Waals surface area contributed by atoms with Crippen LogP contribution >= 0.6 is 0 Å². The monoisotopic (exact) mass is 274 g/mol. The molecule has 8 heteroatoms. The van der Waals surface area contributed by atoms with Crippen molar-refractivity contribution in [2.75, 3.05) is 6.61 Å². The van der Waals surface area contributed by atoms with Gasteiger partial charge in [0.05, 0.1) is 6.42 Å². The molecule has 0 spiro atoms. The van der Waals surface area contributed by atoms with Crippen molar-refractivity contribution in [3.8, 4) is 0 Å². The smallest absolute Gasteiger partial charge is 0.414 e. The van der Waals surface area contributed by atoms with Crippen LogP contribution in [0.15, 0.2) is 0 Å². The molecule has 108 valence electrons. The van der Waals surface area contributed by atoms with Crippen LogP contribution in [0.3, 0.4) is 0 Å². The number of aliphatic hydroxyl groups is 1. The summed E-state index contributed by atoms with van der Waals surface area (Å²) in [5, 5.41) is 8.64. The zero-order valence-corrected chi connectivity index (χ0v) is 10.4. The molecule has 1 N–H and O–H groups in total. The van der Waals surface area contributed by atoms with Crippen LogP contribution in [0.25, 0.3) is 0 Å². The number of halogens is 3. The van der Waals surface area contributed by atoms with Gasteiger partial charge in [-0.25, -0.2) is 0 Å². The molecule has 3 unspecified atom stereocenters. The minimum Gasteiger partial charge on any atom is -0.436 e. The Morgan fingerprint density at radius 2 is 1.83 bits per heavy atom. The number of hydrogen-bond donors (Lipinski definition) is 1. The summed E-state index contributed by atoms with van der Waals surface area (Å²) < 4.78 is 50.4. The van der Waals surface area contributed by atoms with E-state index in [2.05, 4.69) is 4.74 Å². The molecule has 0 saturated heterocycles. The van der Waals surface area contributed by atoms with E-state index in [1.54, 1.807) is 13.8 Å². The molecule has 0 bridgehead atoms. The van der Waals surface area contributed by atoms with Gasteiger partial charge in [0, 0.05) is 6.61 Å². The fraction of sp³-hybridized carbons (Fsp3) is 0.900. The first-order valence-electron chi connectivity index (χ1n) is 5.38. The lowest BCUT2D eigenvalue weighted by Gasteiger charge is -2.20. The van der Waals surface area contributed by atoms with Gasteiger partial charge in [0.2, 0.25) is 6.29 Å². The molecule has 0 aliphatic heterocycles. The third kappa shape index (κ3) is 7.46. The minimum atomic E-state index is -4.85. The second-order valence-corrected chi connectivity index (χ2v) is 3.48. The van der Waals surface area contributed by atoms with Crippen molar-refractivity contribution in [2.24, 2.45) is 0 Å². The van der Waals surface area contributed by atoms with Crippen LogP contribution in [-0.2, 0) is 19.0 Å². The largest absolute Gasteiger partial charge is 0.436 e. The van der Waals surface area contributed by atoms with E-state index in [0.717, 1.165) is 0 Å². The van der Waals surface area contributed by atoms with Gasteiger partial charge in [0.25, 0.3) is 0 Å². The molecular formula is C10H17F3O5. The number of alkyl halides is 3. The van der Waals surface area contributed by atoms with Gasteiger partial charge in [-0.05, 0) is 20.8 Å². The Balaban J connectivity index is 4.01. The Hall–Kier alpha value is -0.860. The van der Waals surface area contributed by atoms with Gasteiger partial charge in [0.1, 0.15) is 0 Å². The predicted molar refractivity (Wildman–Crippen MR) is 54.4 cm³/mol. The van der Waals surface area contributed by atoms with Crippen molar-refractivity contribution < 1.29 is 37.3 Å². The van der Waals surface area contributed by atoms with Gasteiger partial charge in [-0.2, -0.15) is 13.2 Å². The summed E-state index contributed by atoms with van der Waals surface area (Å²) in [4.78, 5) is 11.0. The Morgan fingerprint density at radius 1 is 1.28 bits per heavy atom. The fourth-order valence-corrected chi connectivity index (χ4v) is 1.08. The van der Waals surface area contributed by atoms with Crippen LogP contribution in [0.4, 0.5) is 13.2 Å². The fourth-order valence-electron chi connectivity index (χ4n) is 1.08. The highest BCUT2D eigenvalue weighted by Gasteiger charge is 2.40.